The quantitative estimate of drug-likeness (QED) is 0.343. The molecule has 0 aliphatic heterocycles. The molecule has 0 aliphatic rings. The molecule has 0 spiro atoms. The van der Waals surface area contributed by atoms with Gasteiger partial charge in [-0.15, -0.1) is 0 Å². The Balaban J connectivity index is 0.000000208. The highest BCUT2D eigenvalue weighted by atomic mass is 79.9. The summed E-state index contributed by atoms with van der Waals surface area (Å²) >= 11 is 4.40. The van der Waals surface area contributed by atoms with Crippen molar-refractivity contribution in [3.05, 3.63) is 75.0 Å². The molecule has 0 atom stereocenters. The number of aromatic nitrogens is 1. The Morgan fingerprint density at radius 1 is 1.13 bits per heavy atom. The first-order chi connectivity index (χ1) is 14.9. The standard InChI is InChI=1S/C11H6BrFO2S.C9H8N2O2.C2H6/c12-6-1-2-7(10(13)3-6)8-4-16-5-9(8)11(14)15;1-10-8(12)9-11-6-4-2-3-5-7(6)13-9;1-2/h1-5H,(H,14,15);2-5H,1H3,(H,10,12);1-2H3. The van der Waals surface area contributed by atoms with Crippen LogP contribution in [0.15, 0.2) is 62.1 Å². The van der Waals surface area contributed by atoms with E-state index in [1.165, 1.54) is 29.8 Å². The van der Waals surface area contributed by atoms with E-state index in [0.29, 0.717) is 26.7 Å². The summed E-state index contributed by atoms with van der Waals surface area (Å²) in [6, 6.07) is 11.8. The highest BCUT2D eigenvalue weighted by Crippen LogP contribution is 2.31. The van der Waals surface area contributed by atoms with Gasteiger partial charge >= 0.3 is 11.9 Å². The predicted molar refractivity (Wildman–Crippen MR) is 123 cm³/mol. The number of hydrogen-bond acceptors (Lipinski definition) is 5. The molecule has 0 unspecified atom stereocenters. The summed E-state index contributed by atoms with van der Waals surface area (Å²) in [6.07, 6.45) is 0. The van der Waals surface area contributed by atoms with Crippen molar-refractivity contribution in [2.24, 2.45) is 0 Å². The van der Waals surface area contributed by atoms with Gasteiger partial charge in [-0.3, -0.25) is 4.79 Å². The zero-order chi connectivity index (χ0) is 23.0. The number of carbonyl (C=O) groups excluding carboxylic acids is 1. The molecule has 1 amide bonds. The lowest BCUT2D eigenvalue weighted by Crippen LogP contribution is -2.17. The van der Waals surface area contributed by atoms with Crippen LogP contribution in [0.5, 0.6) is 0 Å². The monoisotopic (exact) mass is 506 g/mol. The van der Waals surface area contributed by atoms with Crippen LogP contribution >= 0.6 is 27.3 Å². The average molecular weight is 507 g/mol. The van der Waals surface area contributed by atoms with Gasteiger partial charge in [0, 0.05) is 28.0 Å². The summed E-state index contributed by atoms with van der Waals surface area (Å²) in [5.74, 6) is -1.69. The summed E-state index contributed by atoms with van der Waals surface area (Å²) < 4.78 is 19.5. The van der Waals surface area contributed by atoms with Crippen molar-refractivity contribution in [3.63, 3.8) is 0 Å². The minimum atomic E-state index is -1.04. The number of carboxylic acids is 1. The number of fused-ring (bicyclic) bond motifs is 1. The van der Waals surface area contributed by atoms with Gasteiger partial charge in [0.05, 0.1) is 5.56 Å². The number of oxazole rings is 1. The lowest BCUT2D eigenvalue weighted by Gasteiger charge is -2.03. The third-order valence-corrected chi connectivity index (χ3v) is 5.07. The maximum atomic E-state index is 13.6. The van der Waals surface area contributed by atoms with Crippen molar-refractivity contribution >= 4 is 50.2 Å². The lowest BCUT2D eigenvalue weighted by atomic mass is 10.0. The van der Waals surface area contributed by atoms with Gasteiger partial charge in [0.2, 0.25) is 0 Å². The van der Waals surface area contributed by atoms with Crippen molar-refractivity contribution in [2.75, 3.05) is 7.05 Å². The first-order valence-electron chi connectivity index (χ1n) is 9.23. The van der Waals surface area contributed by atoms with Gasteiger partial charge in [-0.2, -0.15) is 11.3 Å². The van der Waals surface area contributed by atoms with Crippen LogP contribution in [0.3, 0.4) is 0 Å². The largest absolute Gasteiger partial charge is 0.478 e. The molecule has 2 aromatic carbocycles. The van der Waals surface area contributed by atoms with Crippen LogP contribution in [0.4, 0.5) is 4.39 Å². The Morgan fingerprint density at radius 2 is 1.84 bits per heavy atom. The molecule has 2 N–H and O–H groups in total. The number of rotatable bonds is 3. The maximum Gasteiger partial charge on any atom is 0.337 e. The van der Waals surface area contributed by atoms with Crippen LogP contribution < -0.4 is 5.32 Å². The second-order valence-corrected chi connectivity index (χ2v) is 7.35. The average Bonchev–Trinajstić information content (AvgIpc) is 3.42. The molecule has 0 saturated heterocycles. The molecule has 31 heavy (non-hydrogen) atoms. The number of aromatic carboxylic acids is 1. The zero-order valence-corrected chi connectivity index (χ0v) is 19.4. The number of benzene rings is 2. The number of thiophene rings is 1. The summed E-state index contributed by atoms with van der Waals surface area (Å²) in [5.41, 5.74) is 2.18. The van der Waals surface area contributed by atoms with Gasteiger partial charge in [-0.05, 0) is 29.6 Å². The molecule has 2 aromatic heterocycles. The number of halogens is 2. The topological polar surface area (TPSA) is 92.4 Å². The number of carbonyl (C=O) groups is 2. The Labute approximate surface area is 190 Å². The van der Waals surface area contributed by atoms with Crippen LogP contribution in [-0.2, 0) is 0 Å². The second kappa shape index (κ2) is 11.4. The number of amides is 1. The van der Waals surface area contributed by atoms with Crippen LogP contribution in [0.1, 0.15) is 34.9 Å². The minimum Gasteiger partial charge on any atom is -0.478 e. The van der Waals surface area contributed by atoms with E-state index >= 15 is 0 Å². The smallest absolute Gasteiger partial charge is 0.337 e. The Hall–Kier alpha value is -3.04. The van der Waals surface area contributed by atoms with Crippen molar-refractivity contribution in [3.8, 4) is 11.1 Å². The third kappa shape index (κ3) is 5.99. The molecule has 0 bridgehead atoms. The molecule has 0 saturated carbocycles. The number of carboxylic acid groups (broad SMARTS) is 1. The fourth-order valence-corrected chi connectivity index (χ4v) is 3.61. The Bertz CT molecular complexity index is 1160. The predicted octanol–water partition coefficient (Wildman–Crippen LogP) is 6.23. The number of hydrogen-bond donors (Lipinski definition) is 2. The molecule has 4 aromatic rings. The first-order valence-corrected chi connectivity index (χ1v) is 11.0. The van der Waals surface area contributed by atoms with E-state index in [4.69, 9.17) is 9.52 Å². The van der Waals surface area contributed by atoms with Crippen molar-refractivity contribution in [1.29, 1.82) is 0 Å². The van der Waals surface area contributed by atoms with E-state index in [1.54, 1.807) is 29.6 Å². The van der Waals surface area contributed by atoms with Gasteiger partial charge in [0.15, 0.2) is 5.58 Å². The van der Waals surface area contributed by atoms with Crippen LogP contribution in [0, 0.1) is 5.82 Å². The Kier molecular flexibility index (Phi) is 8.89. The fraction of sp³-hybridized carbons (Fsp3) is 0.136. The Morgan fingerprint density at radius 3 is 2.45 bits per heavy atom. The van der Waals surface area contributed by atoms with E-state index in [0.717, 1.165) is 0 Å². The summed E-state index contributed by atoms with van der Waals surface area (Å²) in [5, 5.41) is 14.5. The second-order valence-electron chi connectivity index (χ2n) is 5.69. The SMILES string of the molecule is CC.CNC(=O)c1nc2ccccc2o1.O=C(O)c1cscc1-c1ccc(Br)cc1F. The fourth-order valence-electron chi connectivity index (χ4n) is 2.46. The molecule has 0 aliphatic carbocycles. The van der Waals surface area contributed by atoms with Crippen LogP contribution in [0.2, 0.25) is 0 Å². The van der Waals surface area contributed by atoms with Gasteiger partial charge < -0.3 is 14.8 Å². The van der Waals surface area contributed by atoms with Crippen molar-refractivity contribution in [2.45, 2.75) is 13.8 Å². The highest BCUT2D eigenvalue weighted by Gasteiger charge is 2.15. The first kappa shape index (κ1) is 24.2. The van der Waals surface area contributed by atoms with Gasteiger partial charge in [0.1, 0.15) is 11.3 Å². The van der Waals surface area contributed by atoms with Gasteiger partial charge in [0.25, 0.3) is 5.89 Å². The minimum absolute atomic E-state index is 0.101. The molecule has 2 heterocycles. The summed E-state index contributed by atoms with van der Waals surface area (Å²) in [6.45, 7) is 4.00. The molecule has 0 fully saturated rings. The van der Waals surface area contributed by atoms with Crippen LogP contribution in [-0.4, -0.2) is 29.0 Å². The van der Waals surface area contributed by atoms with E-state index in [1.807, 2.05) is 26.0 Å². The number of nitrogens with zero attached hydrogens (tertiary/aromatic N) is 1. The molecular weight excluding hydrogens is 487 g/mol. The molecule has 4 rings (SSSR count). The van der Waals surface area contributed by atoms with E-state index in [9.17, 15) is 14.0 Å². The molecular formula is C22H20BrFN2O4S. The molecule has 6 nitrogen and oxygen atoms in total. The normalized spacial score (nSPS) is 9.84. The van der Waals surface area contributed by atoms with Crippen LogP contribution in [0.25, 0.3) is 22.2 Å². The van der Waals surface area contributed by atoms with E-state index in [-0.39, 0.29) is 17.4 Å². The van der Waals surface area contributed by atoms with E-state index in [2.05, 4.69) is 26.2 Å². The van der Waals surface area contributed by atoms with Gasteiger partial charge in [-0.1, -0.05) is 48.0 Å². The summed E-state index contributed by atoms with van der Waals surface area (Å²) in [4.78, 5) is 26.0. The third-order valence-electron chi connectivity index (χ3n) is 3.83. The highest BCUT2D eigenvalue weighted by molar-refractivity contribution is 9.10. The van der Waals surface area contributed by atoms with Gasteiger partial charge in [-0.25, -0.2) is 14.2 Å². The maximum absolute atomic E-state index is 13.6. The van der Waals surface area contributed by atoms with E-state index < -0.39 is 11.8 Å². The lowest BCUT2D eigenvalue weighted by molar-refractivity contribution is 0.0698. The molecule has 162 valence electrons. The zero-order valence-electron chi connectivity index (χ0n) is 17.0. The summed E-state index contributed by atoms with van der Waals surface area (Å²) in [7, 11) is 1.54. The number of para-hydroxylation sites is 2. The van der Waals surface area contributed by atoms with Crippen molar-refractivity contribution < 1.29 is 23.5 Å². The number of nitrogens with one attached hydrogen (secondary N) is 1. The molecule has 9 heteroatoms. The molecule has 0 radical (unpaired) electrons. The van der Waals surface area contributed by atoms with Crippen molar-refractivity contribution in [1.82, 2.24) is 10.3 Å².